The van der Waals surface area contributed by atoms with Crippen molar-refractivity contribution in [2.24, 2.45) is 0 Å². The summed E-state index contributed by atoms with van der Waals surface area (Å²) in [5.74, 6) is -7.65. The van der Waals surface area contributed by atoms with Gasteiger partial charge in [-0.25, -0.2) is 9.59 Å². The molecule has 0 aliphatic heterocycles. The van der Waals surface area contributed by atoms with Gasteiger partial charge in [-0.15, -0.1) is 0 Å². The van der Waals surface area contributed by atoms with E-state index in [1.54, 1.807) is 0 Å². The molecule has 0 fully saturated rings. The van der Waals surface area contributed by atoms with Gasteiger partial charge in [0.15, 0.2) is 12.2 Å². The monoisotopic (exact) mass is 500 g/mol. The molecule has 0 saturated heterocycles. The van der Waals surface area contributed by atoms with Crippen molar-refractivity contribution >= 4 is 69.4 Å². The molecule has 4 atom stereocenters. The van der Waals surface area contributed by atoms with E-state index in [0.29, 0.717) is 0 Å². The first-order chi connectivity index (χ1) is 8.93. The summed E-state index contributed by atoms with van der Waals surface area (Å²) in [7, 11) is 0. The third-order valence-electron chi connectivity index (χ3n) is 1.59. The van der Waals surface area contributed by atoms with Crippen molar-refractivity contribution < 1.29 is 87.3 Å². The summed E-state index contributed by atoms with van der Waals surface area (Å²) in [6.07, 6.45) is -9.41. The van der Waals surface area contributed by atoms with Crippen LogP contribution in [0.4, 0.5) is 0 Å². The Labute approximate surface area is 179 Å². The predicted octanol–water partition coefficient (Wildman–Crippen LogP) is -7.30. The maximum Gasteiger partial charge on any atom is 2.00 e. The van der Waals surface area contributed by atoms with Gasteiger partial charge in [0.2, 0.25) is 0 Å². The molecule has 0 spiro atoms. The second-order valence-electron chi connectivity index (χ2n) is 3.09. The maximum absolute atomic E-state index is 9.77. The molecule has 22 heavy (non-hydrogen) atoms. The van der Waals surface area contributed by atoms with Crippen LogP contribution in [0.25, 0.3) is 0 Å². The van der Waals surface area contributed by atoms with Gasteiger partial charge in [0.05, 0.1) is 11.9 Å². The van der Waals surface area contributed by atoms with Crippen molar-refractivity contribution in [3.63, 3.8) is 0 Å². The van der Waals surface area contributed by atoms with Crippen LogP contribution in [-0.4, -0.2) is 124 Å². The van der Waals surface area contributed by atoms with Crippen molar-refractivity contribution in [2.75, 3.05) is 0 Å². The molecule has 0 rings (SSSR count). The zero-order chi connectivity index (χ0) is 16.6. The van der Waals surface area contributed by atoms with E-state index >= 15 is 0 Å². The molecular weight excluding hydrogens is 488 g/mol. The molecule has 4 unspecified atom stereocenters. The zero-order valence-electron chi connectivity index (χ0n) is 10.9. The van der Waals surface area contributed by atoms with Gasteiger partial charge in [-0.1, -0.05) is 0 Å². The average Bonchev–Trinajstić information content (AvgIpc) is 2.35. The van der Waals surface area contributed by atoms with Gasteiger partial charge in [0.1, 0.15) is 12.2 Å². The quantitative estimate of drug-likeness (QED) is 0.187. The minimum atomic E-state index is -2.44. The van der Waals surface area contributed by atoms with Gasteiger partial charge in [-0.05, 0) is 0 Å². The summed E-state index contributed by atoms with van der Waals surface area (Å²) in [6, 6.07) is 0. The largest absolute Gasteiger partial charge is 2.00 e. The minimum Gasteiger partial charge on any atom is -0.547 e. The number of aliphatic hydroxyl groups excluding tert-OH is 4. The summed E-state index contributed by atoms with van der Waals surface area (Å²) < 4.78 is 0. The van der Waals surface area contributed by atoms with Crippen LogP contribution in [0, 0.1) is 0 Å². The van der Waals surface area contributed by atoms with E-state index in [2.05, 4.69) is 0 Å². The Kier molecular flexibility index (Phi) is 20.1. The Balaban J connectivity index is -0.000000135. The van der Waals surface area contributed by atoms with E-state index in [-0.39, 0.29) is 72.8 Å². The maximum atomic E-state index is 9.77. The number of aliphatic hydroxyl groups is 4. The minimum absolute atomic E-state index is 0. The molecule has 0 aromatic rings. The van der Waals surface area contributed by atoms with Crippen LogP contribution >= 0.6 is 0 Å². The molecule has 118 valence electrons. The fraction of sp³-hybridized carbons (Fsp3) is 0.500. The van der Waals surface area contributed by atoms with Crippen molar-refractivity contribution in [2.45, 2.75) is 24.4 Å². The first kappa shape index (κ1) is 30.1. The average molecular weight is 498 g/mol. The second-order valence-corrected chi connectivity index (χ2v) is 3.09. The molecule has 0 aliphatic carbocycles. The number of rotatable bonds is 6. The molecule has 6 N–H and O–H groups in total. The van der Waals surface area contributed by atoms with Gasteiger partial charge >= 0.3 is 57.4 Å². The zero-order valence-corrected chi connectivity index (χ0v) is 18.4. The normalized spacial score (nSPS) is 14.4. The van der Waals surface area contributed by atoms with E-state index < -0.39 is 48.3 Å². The Morgan fingerprint density at radius 2 is 0.818 bits per heavy atom. The van der Waals surface area contributed by atoms with E-state index in [1.165, 1.54) is 0 Å². The SMILES string of the molecule is O=C(O)C(O)C(O)C(=O)O.O=C([O-])C(O)C(O)C(=O)[O-].[Cd].[Sr+2]. The Bertz CT molecular complexity index is 315. The van der Waals surface area contributed by atoms with Crippen LogP contribution < -0.4 is 10.2 Å². The Hall–Kier alpha value is 0.123. The summed E-state index contributed by atoms with van der Waals surface area (Å²) in [5.41, 5.74) is 0. The first-order valence-corrected chi connectivity index (χ1v) is 4.53. The fourth-order valence-corrected chi connectivity index (χ4v) is 0.528. The Morgan fingerprint density at radius 3 is 0.909 bits per heavy atom. The molecule has 0 radical (unpaired) electrons. The summed E-state index contributed by atoms with van der Waals surface area (Å²) in [6.45, 7) is 0. The molecule has 0 aromatic heterocycles. The fourth-order valence-electron chi connectivity index (χ4n) is 0.528. The van der Waals surface area contributed by atoms with E-state index in [0.717, 1.165) is 0 Å². The second kappa shape index (κ2) is 14.7. The molecular formula is C8H10CdO12Sr. The van der Waals surface area contributed by atoms with Gasteiger partial charge in [0.25, 0.3) is 0 Å². The molecule has 0 saturated carbocycles. The third-order valence-corrected chi connectivity index (χ3v) is 1.59. The molecule has 12 nitrogen and oxygen atoms in total. The number of carboxylic acid groups (broad SMARTS) is 4. The van der Waals surface area contributed by atoms with E-state index in [1.807, 2.05) is 0 Å². The van der Waals surface area contributed by atoms with Crippen molar-refractivity contribution in [3.8, 4) is 0 Å². The predicted molar refractivity (Wildman–Crippen MR) is 55.1 cm³/mol. The molecule has 0 aromatic carbocycles. The van der Waals surface area contributed by atoms with Crippen LogP contribution in [0.3, 0.4) is 0 Å². The molecule has 0 amide bonds. The smallest absolute Gasteiger partial charge is 0.547 e. The molecule has 0 heterocycles. The van der Waals surface area contributed by atoms with Crippen molar-refractivity contribution in [1.29, 1.82) is 0 Å². The Morgan fingerprint density at radius 1 is 0.636 bits per heavy atom. The number of carbonyl (C=O) groups excluding carboxylic acids is 2. The molecule has 14 heteroatoms. The number of carboxylic acids is 4. The standard InChI is InChI=1S/2C4H6O6.Cd.Sr/c2*5-1(3(7)8)2(6)4(9)10;;/h2*1-2,5-6H,(H,7,8)(H,9,10);;/q;;;+2/p-2. The van der Waals surface area contributed by atoms with Gasteiger partial charge in [0, 0.05) is 27.3 Å². The summed E-state index contributed by atoms with van der Waals surface area (Å²) in [4.78, 5) is 38.8. The van der Waals surface area contributed by atoms with Crippen LogP contribution in [0.5, 0.6) is 0 Å². The number of hydrogen-bond acceptors (Lipinski definition) is 10. The number of hydrogen-bond donors (Lipinski definition) is 6. The third kappa shape index (κ3) is 12.6. The van der Waals surface area contributed by atoms with Crippen LogP contribution in [0.2, 0.25) is 0 Å². The van der Waals surface area contributed by atoms with E-state index in [4.69, 9.17) is 30.6 Å². The van der Waals surface area contributed by atoms with E-state index in [9.17, 15) is 29.4 Å². The van der Waals surface area contributed by atoms with Gasteiger partial charge in [-0.3, -0.25) is 0 Å². The van der Waals surface area contributed by atoms with Gasteiger partial charge in [-0.2, -0.15) is 0 Å². The first-order valence-electron chi connectivity index (χ1n) is 4.53. The molecule has 0 aliphatic rings. The number of aliphatic carboxylic acids is 4. The molecule has 0 bridgehead atoms. The van der Waals surface area contributed by atoms with Crippen molar-refractivity contribution in [3.05, 3.63) is 0 Å². The number of carbonyl (C=O) groups is 4. The van der Waals surface area contributed by atoms with Crippen LogP contribution in [0.15, 0.2) is 0 Å². The summed E-state index contributed by atoms with van der Waals surface area (Å²) in [5, 5.41) is 68.3. The van der Waals surface area contributed by atoms with Crippen LogP contribution in [-0.2, 0) is 46.5 Å². The summed E-state index contributed by atoms with van der Waals surface area (Å²) >= 11 is 0. The van der Waals surface area contributed by atoms with Crippen LogP contribution in [0.1, 0.15) is 0 Å². The topological polar surface area (TPSA) is 236 Å². The van der Waals surface area contributed by atoms with Crippen molar-refractivity contribution in [1.82, 2.24) is 0 Å². The van der Waals surface area contributed by atoms with Gasteiger partial charge < -0.3 is 50.4 Å².